The summed E-state index contributed by atoms with van der Waals surface area (Å²) in [5.74, 6) is -0.349. The Bertz CT molecular complexity index is 1230. The molecule has 1 atom stereocenters. The molecule has 0 saturated heterocycles. The molecule has 0 spiro atoms. The summed E-state index contributed by atoms with van der Waals surface area (Å²) in [7, 11) is -3.23. The molecule has 170 valence electrons. The summed E-state index contributed by atoms with van der Waals surface area (Å²) in [6.07, 6.45) is 1.92. The van der Waals surface area contributed by atoms with Gasteiger partial charge < -0.3 is 20.1 Å². The lowest BCUT2D eigenvalue weighted by atomic mass is 10.1. The fraction of sp³-hybridized carbons (Fsp3) is 0.174. The maximum absolute atomic E-state index is 13.8. The molecule has 33 heavy (non-hydrogen) atoms. The van der Waals surface area contributed by atoms with Crippen molar-refractivity contribution in [3.05, 3.63) is 83.2 Å². The van der Waals surface area contributed by atoms with Gasteiger partial charge in [-0.05, 0) is 67.6 Å². The Morgan fingerprint density at radius 2 is 1.91 bits per heavy atom. The number of carbonyl (C=O) groups is 1. The highest BCUT2D eigenvalue weighted by Crippen LogP contribution is 2.43. The third kappa shape index (κ3) is 6.25. The van der Waals surface area contributed by atoms with Gasteiger partial charge in [0.1, 0.15) is 11.6 Å². The number of guanidine groups is 1. The highest BCUT2D eigenvalue weighted by molar-refractivity contribution is 7.32. The van der Waals surface area contributed by atoms with E-state index in [2.05, 4.69) is 20.6 Å². The van der Waals surface area contributed by atoms with Crippen LogP contribution in [0.1, 0.15) is 40.2 Å². The number of amides is 1. The maximum Gasteiger partial charge on any atom is 0.366 e. The van der Waals surface area contributed by atoms with Crippen molar-refractivity contribution in [2.45, 2.75) is 25.7 Å². The van der Waals surface area contributed by atoms with Crippen molar-refractivity contribution in [1.82, 2.24) is 4.98 Å². The van der Waals surface area contributed by atoms with Crippen LogP contribution in [0.5, 0.6) is 5.88 Å². The topological polar surface area (TPSA) is 113 Å². The predicted octanol–water partition coefficient (Wildman–Crippen LogP) is 4.89. The van der Waals surface area contributed by atoms with Gasteiger partial charge in [-0.3, -0.25) is 4.79 Å². The Balaban J connectivity index is 1.66. The molecule has 1 amide bonds. The minimum absolute atomic E-state index is 0.0592. The van der Waals surface area contributed by atoms with E-state index in [1.54, 1.807) is 30.3 Å². The van der Waals surface area contributed by atoms with Crippen LogP contribution in [-0.4, -0.2) is 21.7 Å². The molecule has 1 aliphatic rings. The smallest absolute Gasteiger partial charge is 0.366 e. The van der Waals surface area contributed by atoms with E-state index in [0.29, 0.717) is 11.3 Å². The summed E-state index contributed by atoms with van der Waals surface area (Å²) in [6.45, 7) is 1.92. The van der Waals surface area contributed by atoms with Crippen molar-refractivity contribution in [3.8, 4) is 5.88 Å². The number of pyridine rings is 1. The number of carbonyl (C=O) groups excluding carboxylic acids is 1. The summed E-state index contributed by atoms with van der Waals surface area (Å²) < 4.78 is 29.6. The number of nitrogens with one attached hydrogen (secondary N) is 2. The number of hydrogen-bond acceptors (Lipinski definition) is 4. The quantitative estimate of drug-likeness (QED) is 0.268. The zero-order valence-corrected chi connectivity index (χ0v) is 18.7. The zero-order chi connectivity index (χ0) is 23.4. The van der Waals surface area contributed by atoms with E-state index >= 15 is 0 Å². The zero-order valence-electron chi connectivity index (χ0n) is 17.7. The summed E-state index contributed by atoms with van der Waals surface area (Å²) in [5, 5.41) is 6.00. The number of benzene rings is 2. The number of aromatic nitrogens is 1. The van der Waals surface area contributed by atoms with Gasteiger partial charge >= 0.3 is 8.25 Å². The van der Waals surface area contributed by atoms with Crippen LogP contribution in [0.15, 0.2) is 65.7 Å². The van der Waals surface area contributed by atoms with Gasteiger partial charge in [0.15, 0.2) is 0 Å². The third-order valence-electron chi connectivity index (χ3n) is 4.96. The third-order valence-corrected chi connectivity index (χ3v) is 5.34. The van der Waals surface area contributed by atoms with E-state index in [-0.39, 0.29) is 29.4 Å². The van der Waals surface area contributed by atoms with Crippen molar-refractivity contribution in [1.29, 1.82) is 0 Å². The van der Waals surface area contributed by atoms with Gasteiger partial charge in [0.25, 0.3) is 5.91 Å². The molecule has 1 aliphatic carbocycles. The molecule has 2 aromatic carbocycles. The average molecular weight is 468 g/mol. The van der Waals surface area contributed by atoms with Crippen molar-refractivity contribution in [2.24, 2.45) is 4.99 Å². The minimum Gasteiger partial charge on any atom is -0.408 e. The number of aliphatic imine (C=N–C) groups is 1. The second kappa shape index (κ2) is 9.94. The fourth-order valence-corrected chi connectivity index (χ4v) is 3.50. The average Bonchev–Trinajstić information content (AvgIpc) is 3.60. The fourth-order valence-electron chi connectivity index (χ4n) is 3.21. The molecule has 3 N–H and O–H groups in total. The van der Waals surface area contributed by atoms with Crippen molar-refractivity contribution >= 4 is 31.6 Å². The second-order valence-electron chi connectivity index (χ2n) is 7.62. The second-order valence-corrected chi connectivity index (χ2v) is 8.35. The van der Waals surface area contributed by atoms with Crippen LogP contribution in [-0.2, 0) is 4.57 Å². The van der Waals surface area contributed by atoms with E-state index < -0.39 is 14.2 Å². The van der Waals surface area contributed by atoms with Crippen molar-refractivity contribution in [2.75, 3.05) is 10.6 Å². The van der Waals surface area contributed by atoms with E-state index in [4.69, 9.17) is 9.42 Å². The van der Waals surface area contributed by atoms with Crippen LogP contribution >= 0.6 is 8.25 Å². The molecule has 10 heteroatoms. The Morgan fingerprint density at radius 1 is 1.15 bits per heavy atom. The Labute approximate surface area is 190 Å². The van der Waals surface area contributed by atoms with Crippen LogP contribution in [0, 0.1) is 12.7 Å². The first-order valence-electron chi connectivity index (χ1n) is 10.3. The van der Waals surface area contributed by atoms with Gasteiger partial charge in [0.05, 0.1) is 0 Å². The first kappa shape index (κ1) is 22.6. The first-order chi connectivity index (χ1) is 15.9. The molecule has 1 aromatic heterocycles. The number of rotatable bonds is 6. The number of aryl methyl sites for hydroxylation is 1. The number of nitrogens with zero attached hydrogens (tertiary/aromatic N) is 2. The van der Waals surface area contributed by atoms with Crippen molar-refractivity contribution < 1.29 is 23.2 Å². The molecule has 3 aromatic rings. The lowest BCUT2D eigenvalue weighted by Gasteiger charge is -2.15. The SMILES string of the molecule is Cc1ccc(C(=O)/N=C(\Nc2cccc(O[PH](=O)O)n2)Nc2ccc(F)cc2C2CC2)cc1. The highest BCUT2D eigenvalue weighted by Gasteiger charge is 2.27. The molecular formula is C23H22FN4O4P. The normalized spacial score (nSPS) is 14.5. The summed E-state index contributed by atoms with van der Waals surface area (Å²) >= 11 is 0. The van der Waals surface area contributed by atoms with Crippen LogP contribution in [0.25, 0.3) is 0 Å². The molecule has 8 nitrogen and oxygen atoms in total. The number of hydrogen-bond donors (Lipinski definition) is 3. The molecule has 1 fully saturated rings. The van der Waals surface area contributed by atoms with E-state index in [1.165, 1.54) is 18.2 Å². The van der Waals surface area contributed by atoms with Gasteiger partial charge in [0, 0.05) is 17.3 Å². The van der Waals surface area contributed by atoms with Crippen molar-refractivity contribution in [3.63, 3.8) is 0 Å². The molecule has 0 radical (unpaired) electrons. The van der Waals surface area contributed by atoms with Crippen LogP contribution in [0.4, 0.5) is 15.9 Å². The lowest BCUT2D eigenvalue weighted by molar-refractivity contribution is 0.100. The molecule has 1 heterocycles. The molecule has 1 saturated carbocycles. The molecular weight excluding hydrogens is 446 g/mol. The maximum atomic E-state index is 13.8. The van der Waals surface area contributed by atoms with Crippen LogP contribution < -0.4 is 15.2 Å². The molecule has 4 rings (SSSR count). The van der Waals surface area contributed by atoms with E-state index in [0.717, 1.165) is 24.0 Å². The molecule has 0 aliphatic heterocycles. The highest BCUT2D eigenvalue weighted by atomic mass is 31.1. The first-order valence-corrected chi connectivity index (χ1v) is 11.5. The molecule has 0 bridgehead atoms. The Morgan fingerprint density at radius 3 is 2.61 bits per heavy atom. The Hall–Kier alpha value is -3.55. The van der Waals surface area contributed by atoms with Gasteiger partial charge in [-0.2, -0.15) is 9.98 Å². The summed E-state index contributed by atoms with van der Waals surface area (Å²) in [5.41, 5.74) is 2.83. The summed E-state index contributed by atoms with van der Waals surface area (Å²) in [6, 6.07) is 16.0. The monoisotopic (exact) mass is 468 g/mol. The lowest BCUT2D eigenvalue weighted by Crippen LogP contribution is -2.25. The largest absolute Gasteiger partial charge is 0.408 e. The van der Waals surface area contributed by atoms with Crippen LogP contribution in [0.2, 0.25) is 0 Å². The molecule has 1 unspecified atom stereocenters. The number of halogens is 1. The van der Waals surface area contributed by atoms with E-state index in [1.807, 2.05) is 19.1 Å². The standard InChI is InChI=1S/C23H22FN4O4P/c1-14-5-7-16(8-6-14)22(29)28-23(27-20-3-2-4-21(26-20)32-33(30)31)25-19-12-11-17(24)13-18(19)15-9-10-15/h2-8,11-13,15,33H,9-10H2,1H3,(H,30,31)(H2,25,26,27,28,29). The summed E-state index contributed by atoms with van der Waals surface area (Å²) in [4.78, 5) is 30.1. The minimum atomic E-state index is -3.23. The van der Waals surface area contributed by atoms with Gasteiger partial charge in [0.2, 0.25) is 11.8 Å². The van der Waals surface area contributed by atoms with Gasteiger partial charge in [-0.15, -0.1) is 0 Å². The van der Waals surface area contributed by atoms with Gasteiger partial charge in [-0.1, -0.05) is 23.8 Å². The number of anilines is 2. The van der Waals surface area contributed by atoms with Gasteiger partial charge in [-0.25, -0.2) is 8.96 Å². The Kier molecular flexibility index (Phi) is 6.82. The predicted molar refractivity (Wildman–Crippen MR) is 125 cm³/mol. The van der Waals surface area contributed by atoms with E-state index in [9.17, 15) is 13.8 Å². The van der Waals surface area contributed by atoms with Crippen LogP contribution in [0.3, 0.4) is 0 Å².